The predicted octanol–water partition coefficient (Wildman–Crippen LogP) is 3.69. The van der Waals surface area contributed by atoms with Crippen molar-refractivity contribution >= 4 is 11.9 Å². The number of rotatable bonds is 6. The lowest BCUT2D eigenvalue weighted by atomic mass is 9.99. The normalized spacial score (nSPS) is 21.2. The number of urea groups is 1. The van der Waals surface area contributed by atoms with Gasteiger partial charge in [-0.25, -0.2) is 14.2 Å². The second-order valence-corrected chi connectivity index (χ2v) is 10.0. The van der Waals surface area contributed by atoms with Gasteiger partial charge in [-0.15, -0.1) is 0 Å². The van der Waals surface area contributed by atoms with Gasteiger partial charge in [0.15, 0.2) is 0 Å². The van der Waals surface area contributed by atoms with Gasteiger partial charge >= 0.3 is 6.03 Å². The molecule has 2 heterocycles. The number of carbonyl (C=O) groups is 2. The number of nitrogens with one attached hydrogen (secondary N) is 1. The van der Waals surface area contributed by atoms with Crippen LogP contribution in [0, 0.1) is 11.7 Å². The highest BCUT2D eigenvalue weighted by Crippen LogP contribution is 2.30. The number of carbonyl (C=O) groups excluding carboxylic acids is 2. The summed E-state index contributed by atoms with van der Waals surface area (Å²) in [6.45, 7) is 4.24. The molecule has 9 heteroatoms. The monoisotopic (exact) mass is 498 g/mol. The van der Waals surface area contributed by atoms with Gasteiger partial charge in [0.2, 0.25) is 5.88 Å². The second kappa shape index (κ2) is 11.2. The van der Waals surface area contributed by atoms with Crippen molar-refractivity contribution in [1.82, 2.24) is 20.1 Å². The zero-order valence-corrected chi connectivity index (χ0v) is 21.1. The van der Waals surface area contributed by atoms with Crippen LogP contribution in [0.25, 0.3) is 11.1 Å². The number of likely N-dealkylation sites (N-methyl/N-ethyl adjacent to an activating group) is 1. The van der Waals surface area contributed by atoms with Gasteiger partial charge in [-0.3, -0.25) is 4.79 Å². The molecule has 0 spiro atoms. The Morgan fingerprint density at radius 1 is 1.28 bits per heavy atom. The molecular formula is C27H35FN4O4. The van der Waals surface area contributed by atoms with E-state index in [-0.39, 0.29) is 47.8 Å². The van der Waals surface area contributed by atoms with Gasteiger partial charge in [0.05, 0.1) is 19.2 Å². The van der Waals surface area contributed by atoms with Crippen molar-refractivity contribution in [3.63, 3.8) is 0 Å². The molecule has 194 valence electrons. The van der Waals surface area contributed by atoms with E-state index in [1.165, 1.54) is 12.1 Å². The minimum atomic E-state index is -0.422. The van der Waals surface area contributed by atoms with E-state index in [9.17, 15) is 19.1 Å². The summed E-state index contributed by atoms with van der Waals surface area (Å²) in [5.41, 5.74) is 1.64. The van der Waals surface area contributed by atoms with Crippen LogP contribution in [0.4, 0.5) is 9.18 Å². The lowest BCUT2D eigenvalue weighted by Gasteiger charge is -2.37. The standard InChI is InChI=1S/C27H35FN4O4/c1-17-14-32(18(2)16-33)26(34)23-12-20(19-8-10-21(28)11-9-19)13-29-25(23)36-24(17)15-31(3)27(35)30-22-6-4-5-7-22/h8-13,17-18,22,24,33H,4-7,14-16H2,1-3H3,(H,30,35)/t17-,18+,24+/m1/s1. The van der Waals surface area contributed by atoms with E-state index in [1.807, 2.05) is 6.92 Å². The number of nitrogens with zero attached hydrogens (tertiary/aromatic N) is 3. The maximum Gasteiger partial charge on any atom is 0.317 e. The van der Waals surface area contributed by atoms with E-state index >= 15 is 0 Å². The van der Waals surface area contributed by atoms with Gasteiger partial charge in [0.25, 0.3) is 5.91 Å². The molecule has 36 heavy (non-hydrogen) atoms. The van der Waals surface area contributed by atoms with Crippen molar-refractivity contribution in [3.05, 3.63) is 47.9 Å². The maximum absolute atomic E-state index is 13.6. The number of aliphatic hydroxyl groups excluding tert-OH is 1. The van der Waals surface area contributed by atoms with E-state index in [0.717, 1.165) is 31.2 Å². The summed E-state index contributed by atoms with van der Waals surface area (Å²) < 4.78 is 19.7. The Bertz CT molecular complexity index is 1070. The van der Waals surface area contributed by atoms with Crippen LogP contribution in [0.1, 0.15) is 49.9 Å². The van der Waals surface area contributed by atoms with Crippen LogP contribution in [0.5, 0.6) is 5.88 Å². The highest BCUT2D eigenvalue weighted by Gasteiger charge is 2.35. The summed E-state index contributed by atoms with van der Waals surface area (Å²) in [7, 11) is 1.74. The van der Waals surface area contributed by atoms with Crippen molar-refractivity contribution in [2.24, 2.45) is 5.92 Å². The fourth-order valence-electron chi connectivity index (χ4n) is 4.83. The van der Waals surface area contributed by atoms with Gasteiger partial charge in [-0.2, -0.15) is 0 Å². The quantitative estimate of drug-likeness (QED) is 0.634. The number of benzene rings is 1. The van der Waals surface area contributed by atoms with E-state index in [2.05, 4.69) is 10.3 Å². The molecule has 1 saturated carbocycles. The van der Waals surface area contributed by atoms with Crippen molar-refractivity contribution in [3.8, 4) is 17.0 Å². The Morgan fingerprint density at radius 2 is 1.97 bits per heavy atom. The number of amides is 3. The summed E-state index contributed by atoms with van der Waals surface area (Å²) in [5.74, 6) is -0.586. The summed E-state index contributed by atoms with van der Waals surface area (Å²) in [4.78, 5) is 34.1. The summed E-state index contributed by atoms with van der Waals surface area (Å²) in [6, 6.07) is 7.32. The van der Waals surface area contributed by atoms with Gasteiger partial charge in [-0.05, 0) is 43.5 Å². The molecule has 1 fully saturated rings. The molecule has 1 aliphatic heterocycles. The Labute approximate surface area is 211 Å². The molecule has 8 nitrogen and oxygen atoms in total. The van der Waals surface area contributed by atoms with Crippen LogP contribution >= 0.6 is 0 Å². The second-order valence-electron chi connectivity index (χ2n) is 10.0. The van der Waals surface area contributed by atoms with Crippen LogP contribution in [-0.2, 0) is 0 Å². The minimum absolute atomic E-state index is 0.128. The van der Waals surface area contributed by atoms with Crippen LogP contribution in [-0.4, -0.2) is 76.8 Å². The summed E-state index contributed by atoms with van der Waals surface area (Å²) >= 11 is 0. The van der Waals surface area contributed by atoms with Crippen molar-refractivity contribution in [1.29, 1.82) is 0 Å². The van der Waals surface area contributed by atoms with Gasteiger partial charge in [0, 0.05) is 37.3 Å². The molecule has 1 aromatic heterocycles. The number of halogens is 1. The fraction of sp³-hybridized carbons (Fsp3) is 0.519. The molecule has 0 bridgehead atoms. The number of aliphatic hydroxyl groups is 1. The molecule has 4 rings (SSSR count). The average Bonchev–Trinajstić information content (AvgIpc) is 3.39. The molecule has 1 aromatic carbocycles. The highest BCUT2D eigenvalue weighted by atomic mass is 19.1. The van der Waals surface area contributed by atoms with Crippen LogP contribution in [0.15, 0.2) is 36.5 Å². The van der Waals surface area contributed by atoms with E-state index in [1.54, 1.807) is 48.2 Å². The largest absolute Gasteiger partial charge is 0.472 e. The van der Waals surface area contributed by atoms with Gasteiger partial charge < -0.3 is 25.0 Å². The Kier molecular flexibility index (Phi) is 8.08. The lowest BCUT2D eigenvalue weighted by molar-refractivity contribution is 0.0351. The number of fused-ring (bicyclic) bond motifs is 1. The highest BCUT2D eigenvalue weighted by molar-refractivity contribution is 5.98. The van der Waals surface area contributed by atoms with E-state index in [4.69, 9.17) is 4.74 Å². The zero-order valence-electron chi connectivity index (χ0n) is 21.1. The fourth-order valence-corrected chi connectivity index (χ4v) is 4.83. The van der Waals surface area contributed by atoms with Crippen molar-refractivity contribution in [2.45, 2.75) is 57.7 Å². The number of hydrogen-bond acceptors (Lipinski definition) is 5. The number of aromatic nitrogens is 1. The number of hydrogen-bond donors (Lipinski definition) is 2. The SMILES string of the molecule is C[C@@H]1CN([C@@H](C)CO)C(=O)c2cc(-c3ccc(F)cc3)cnc2O[C@H]1CN(C)C(=O)NC1CCCC1. The minimum Gasteiger partial charge on any atom is -0.472 e. The average molecular weight is 499 g/mol. The molecular weight excluding hydrogens is 463 g/mol. The topological polar surface area (TPSA) is 95.0 Å². The molecule has 0 radical (unpaired) electrons. The molecule has 1 aliphatic carbocycles. The predicted molar refractivity (Wildman–Crippen MR) is 134 cm³/mol. The number of ether oxygens (including phenoxy) is 1. The van der Waals surface area contributed by atoms with Gasteiger partial charge in [-0.1, -0.05) is 31.9 Å². The summed E-state index contributed by atoms with van der Waals surface area (Å²) in [5, 5.41) is 12.9. The Balaban J connectivity index is 1.62. The zero-order chi connectivity index (χ0) is 25.8. The molecule has 2 N–H and O–H groups in total. The summed E-state index contributed by atoms with van der Waals surface area (Å²) in [6.07, 6.45) is 5.44. The molecule has 2 aliphatic rings. The molecule has 2 aromatic rings. The molecule has 0 unspecified atom stereocenters. The molecule has 3 amide bonds. The van der Waals surface area contributed by atoms with Crippen molar-refractivity contribution in [2.75, 3.05) is 26.7 Å². The molecule has 0 saturated heterocycles. The number of pyridine rings is 1. The Hall–Kier alpha value is -3.20. The van der Waals surface area contributed by atoms with Crippen LogP contribution < -0.4 is 10.1 Å². The van der Waals surface area contributed by atoms with Gasteiger partial charge in [0.1, 0.15) is 17.5 Å². The lowest BCUT2D eigenvalue weighted by Crippen LogP contribution is -2.52. The van der Waals surface area contributed by atoms with Crippen molar-refractivity contribution < 1.29 is 23.8 Å². The third kappa shape index (κ3) is 5.78. The van der Waals surface area contributed by atoms with Crippen LogP contribution in [0.2, 0.25) is 0 Å². The first kappa shape index (κ1) is 25.9. The third-order valence-electron chi connectivity index (χ3n) is 7.18. The first-order valence-corrected chi connectivity index (χ1v) is 12.6. The van der Waals surface area contributed by atoms with E-state index < -0.39 is 12.1 Å². The first-order valence-electron chi connectivity index (χ1n) is 12.6. The molecule has 3 atom stereocenters. The maximum atomic E-state index is 13.6. The third-order valence-corrected chi connectivity index (χ3v) is 7.18. The van der Waals surface area contributed by atoms with Crippen LogP contribution in [0.3, 0.4) is 0 Å². The first-order chi connectivity index (χ1) is 17.3. The smallest absolute Gasteiger partial charge is 0.317 e. The Morgan fingerprint density at radius 3 is 2.64 bits per heavy atom. The van der Waals surface area contributed by atoms with E-state index in [0.29, 0.717) is 18.7 Å².